The highest BCUT2D eigenvalue weighted by molar-refractivity contribution is 9.10. The van der Waals surface area contributed by atoms with E-state index in [-0.39, 0.29) is 5.04 Å². The molecule has 2 aromatic rings. The van der Waals surface area contributed by atoms with Crippen LogP contribution in [0.15, 0.2) is 34.8 Å². The Morgan fingerprint density at radius 3 is 2.55 bits per heavy atom. The lowest BCUT2D eigenvalue weighted by atomic mass is 10.2. The van der Waals surface area contributed by atoms with Crippen molar-refractivity contribution in [1.82, 2.24) is 9.78 Å². The number of halogens is 1. The Morgan fingerprint density at radius 2 is 1.95 bits per heavy atom. The third-order valence-electron chi connectivity index (χ3n) is 4.23. The summed E-state index contributed by atoms with van der Waals surface area (Å²) in [7, 11) is -1.78. The average Bonchev–Trinajstić information content (AvgIpc) is 2.76. The molecule has 0 aliphatic rings. The van der Waals surface area contributed by atoms with E-state index < -0.39 is 8.32 Å². The molecular weight excluding hydrogens is 358 g/mol. The monoisotopic (exact) mass is 381 g/mol. The van der Waals surface area contributed by atoms with Gasteiger partial charge in [0.25, 0.3) is 0 Å². The van der Waals surface area contributed by atoms with E-state index >= 15 is 0 Å². The quantitative estimate of drug-likeness (QED) is 0.778. The first-order valence-electron chi connectivity index (χ1n) is 7.34. The summed E-state index contributed by atoms with van der Waals surface area (Å²) in [5.74, 6) is 0.618. The van der Waals surface area contributed by atoms with Crippen molar-refractivity contribution in [3.05, 3.63) is 40.5 Å². The van der Waals surface area contributed by atoms with Gasteiger partial charge in [0.05, 0.1) is 18.0 Å². The van der Waals surface area contributed by atoms with Crippen LogP contribution < -0.4 is 5.73 Å². The Kier molecular flexibility index (Phi) is 4.84. The predicted molar refractivity (Wildman–Crippen MR) is 97.7 cm³/mol. The van der Waals surface area contributed by atoms with Crippen LogP contribution in [0.1, 0.15) is 26.5 Å². The Hall–Kier alpha value is -1.11. The first-order valence-corrected chi connectivity index (χ1v) is 11.0. The van der Waals surface area contributed by atoms with Gasteiger partial charge in [-0.3, -0.25) is 0 Å². The van der Waals surface area contributed by atoms with E-state index in [1.807, 2.05) is 30.3 Å². The zero-order chi connectivity index (χ0) is 16.5. The molecule has 1 aromatic carbocycles. The zero-order valence-electron chi connectivity index (χ0n) is 13.9. The number of nitrogens with zero attached hydrogens (tertiary/aromatic N) is 2. The number of anilines is 1. The summed E-state index contributed by atoms with van der Waals surface area (Å²) < 4.78 is 8.95. The van der Waals surface area contributed by atoms with E-state index in [1.165, 1.54) is 0 Å². The standard InChI is InChI=1S/C16H24BrN3OSi/c1-16(2,3)22(4,5)21-11-13-10-15(18)20(19-13)14-8-6-7-12(17)9-14/h6-10H,11,18H2,1-5H3. The molecule has 0 unspecified atom stereocenters. The van der Waals surface area contributed by atoms with Crippen LogP contribution in [-0.2, 0) is 11.0 Å². The molecule has 0 aliphatic carbocycles. The second-order valence-corrected chi connectivity index (χ2v) is 12.7. The van der Waals surface area contributed by atoms with E-state index in [9.17, 15) is 0 Å². The SMILES string of the molecule is CC(C)(C)[Si](C)(C)OCc1cc(N)n(-c2cccc(Br)c2)n1. The maximum absolute atomic E-state index is 6.21. The van der Waals surface area contributed by atoms with Gasteiger partial charge in [0.1, 0.15) is 5.82 Å². The number of rotatable bonds is 4. The fourth-order valence-corrected chi connectivity index (χ4v) is 3.13. The molecule has 4 nitrogen and oxygen atoms in total. The Bertz CT molecular complexity index is 662. The topological polar surface area (TPSA) is 53.1 Å². The molecule has 0 spiro atoms. The lowest BCUT2D eigenvalue weighted by Gasteiger charge is -2.35. The Labute approximate surface area is 141 Å². The first-order chi connectivity index (χ1) is 10.1. The number of benzene rings is 1. The molecule has 0 amide bonds. The summed E-state index contributed by atoms with van der Waals surface area (Å²) in [6, 6.07) is 9.79. The number of aromatic nitrogens is 2. The van der Waals surface area contributed by atoms with Crippen LogP contribution in [0.5, 0.6) is 0 Å². The van der Waals surface area contributed by atoms with Gasteiger partial charge >= 0.3 is 0 Å². The second kappa shape index (κ2) is 6.18. The molecule has 0 saturated carbocycles. The van der Waals surface area contributed by atoms with E-state index in [0.29, 0.717) is 12.4 Å². The van der Waals surface area contributed by atoms with Crippen molar-refractivity contribution in [1.29, 1.82) is 0 Å². The summed E-state index contributed by atoms with van der Waals surface area (Å²) in [4.78, 5) is 0. The van der Waals surface area contributed by atoms with Gasteiger partial charge in [-0.05, 0) is 36.3 Å². The number of nitrogens with two attached hydrogens (primary N) is 1. The summed E-state index contributed by atoms with van der Waals surface area (Å²) in [5.41, 5.74) is 7.89. The highest BCUT2D eigenvalue weighted by atomic mass is 79.9. The van der Waals surface area contributed by atoms with Crippen molar-refractivity contribution in [3.63, 3.8) is 0 Å². The highest BCUT2D eigenvalue weighted by Crippen LogP contribution is 2.37. The van der Waals surface area contributed by atoms with Crippen molar-refractivity contribution < 1.29 is 4.43 Å². The molecule has 22 heavy (non-hydrogen) atoms. The Morgan fingerprint density at radius 1 is 1.27 bits per heavy atom. The fourth-order valence-electron chi connectivity index (χ4n) is 1.80. The van der Waals surface area contributed by atoms with Crippen LogP contribution in [0.2, 0.25) is 18.1 Å². The minimum atomic E-state index is -1.78. The molecular formula is C16H24BrN3OSi. The molecule has 6 heteroatoms. The molecule has 1 heterocycles. The summed E-state index contributed by atoms with van der Waals surface area (Å²) in [6.45, 7) is 11.7. The van der Waals surface area contributed by atoms with Crippen molar-refractivity contribution in [3.8, 4) is 5.69 Å². The molecule has 2 rings (SSSR count). The predicted octanol–water partition coefficient (Wildman–Crippen LogP) is 4.74. The van der Waals surface area contributed by atoms with Crippen LogP contribution in [-0.4, -0.2) is 18.1 Å². The molecule has 0 atom stereocenters. The van der Waals surface area contributed by atoms with Gasteiger partial charge < -0.3 is 10.2 Å². The van der Waals surface area contributed by atoms with Gasteiger partial charge in [0.2, 0.25) is 0 Å². The van der Waals surface area contributed by atoms with E-state index in [1.54, 1.807) is 4.68 Å². The van der Waals surface area contributed by atoms with Gasteiger partial charge in [-0.15, -0.1) is 0 Å². The lowest BCUT2D eigenvalue weighted by Crippen LogP contribution is -2.40. The van der Waals surface area contributed by atoms with Crippen molar-refractivity contribution in [2.24, 2.45) is 0 Å². The zero-order valence-corrected chi connectivity index (χ0v) is 16.4. The highest BCUT2D eigenvalue weighted by Gasteiger charge is 2.37. The smallest absolute Gasteiger partial charge is 0.192 e. The fraction of sp³-hybridized carbons (Fsp3) is 0.438. The minimum Gasteiger partial charge on any atom is -0.411 e. The van der Waals surface area contributed by atoms with Gasteiger partial charge in [0.15, 0.2) is 8.32 Å². The van der Waals surface area contributed by atoms with E-state index in [2.05, 4.69) is 54.9 Å². The summed E-state index contributed by atoms with van der Waals surface area (Å²) >= 11 is 3.47. The summed E-state index contributed by atoms with van der Waals surface area (Å²) in [6.07, 6.45) is 0. The van der Waals surface area contributed by atoms with E-state index in [4.69, 9.17) is 10.2 Å². The van der Waals surface area contributed by atoms with Crippen molar-refractivity contribution in [2.75, 3.05) is 5.73 Å². The molecule has 120 valence electrons. The van der Waals surface area contributed by atoms with Gasteiger partial charge in [-0.2, -0.15) is 5.10 Å². The molecule has 0 aliphatic heterocycles. The van der Waals surface area contributed by atoms with Crippen LogP contribution in [0, 0.1) is 0 Å². The van der Waals surface area contributed by atoms with Crippen LogP contribution in [0.3, 0.4) is 0 Å². The van der Waals surface area contributed by atoms with Crippen LogP contribution in [0.25, 0.3) is 5.69 Å². The minimum absolute atomic E-state index is 0.186. The van der Waals surface area contributed by atoms with Gasteiger partial charge in [0, 0.05) is 10.5 Å². The summed E-state index contributed by atoms with van der Waals surface area (Å²) in [5, 5.41) is 4.76. The van der Waals surface area contributed by atoms with E-state index in [0.717, 1.165) is 15.9 Å². The number of hydrogen-bond acceptors (Lipinski definition) is 3. The molecule has 0 fully saturated rings. The number of nitrogen functional groups attached to an aromatic ring is 1. The lowest BCUT2D eigenvalue weighted by molar-refractivity contribution is 0.271. The molecule has 0 radical (unpaired) electrons. The van der Waals surface area contributed by atoms with Crippen LogP contribution >= 0.6 is 15.9 Å². The molecule has 1 aromatic heterocycles. The van der Waals surface area contributed by atoms with Crippen molar-refractivity contribution >= 4 is 30.1 Å². The van der Waals surface area contributed by atoms with Gasteiger partial charge in [-0.25, -0.2) is 4.68 Å². The average molecular weight is 382 g/mol. The second-order valence-electron chi connectivity index (χ2n) is 7.00. The third-order valence-corrected chi connectivity index (χ3v) is 9.20. The maximum Gasteiger partial charge on any atom is 0.192 e. The first kappa shape index (κ1) is 17.2. The Balaban J connectivity index is 2.17. The number of hydrogen-bond donors (Lipinski definition) is 1. The molecule has 2 N–H and O–H groups in total. The van der Waals surface area contributed by atoms with Crippen LogP contribution in [0.4, 0.5) is 5.82 Å². The third kappa shape index (κ3) is 3.80. The molecule has 0 bridgehead atoms. The van der Waals surface area contributed by atoms with Crippen molar-refractivity contribution in [2.45, 2.75) is 45.5 Å². The van der Waals surface area contributed by atoms with Gasteiger partial charge in [-0.1, -0.05) is 42.8 Å². The largest absolute Gasteiger partial charge is 0.411 e. The molecule has 0 saturated heterocycles. The normalized spacial score (nSPS) is 12.6. The maximum atomic E-state index is 6.21.